The molecule has 0 bridgehead atoms. The van der Waals surface area contributed by atoms with Crippen LogP contribution in [0.3, 0.4) is 0 Å². The normalized spacial score (nSPS) is 25.6. The molecule has 1 N–H and O–H groups in total. The van der Waals surface area contributed by atoms with Gasteiger partial charge in [0.15, 0.2) is 0 Å². The molecule has 0 unspecified atom stereocenters. The molecule has 3 fully saturated rings. The van der Waals surface area contributed by atoms with Gasteiger partial charge in [-0.2, -0.15) is 0 Å². The molecule has 36 heavy (non-hydrogen) atoms. The van der Waals surface area contributed by atoms with Crippen LogP contribution in [0.25, 0.3) is 0 Å². The van der Waals surface area contributed by atoms with Crippen LogP contribution in [0.2, 0.25) is 0 Å². The number of benzene rings is 1. The number of likely N-dealkylation sites (tertiary alicyclic amines) is 1. The van der Waals surface area contributed by atoms with Gasteiger partial charge in [-0.3, -0.25) is 4.90 Å². The smallest absolute Gasteiger partial charge is 0.465 e. The van der Waals surface area contributed by atoms with E-state index in [0.717, 1.165) is 37.9 Å². The number of nitrogens with zero attached hydrogens (tertiary/aromatic N) is 3. The van der Waals surface area contributed by atoms with E-state index in [2.05, 4.69) is 89.6 Å². The number of hydrogen-bond acceptors (Lipinski definition) is 5. The SMILES string of the molecule is CN(C[C@H]1CCN(c2ccc(B3OC(C)(C)C(C)(C)O3)cc2)C1)C1(C(C)(C)C)CCN(C(=O)O)CC1. The Morgan fingerprint density at radius 1 is 1.06 bits per heavy atom. The summed E-state index contributed by atoms with van der Waals surface area (Å²) < 4.78 is 12.4. The van der Waals surface area contributed by atoms with Crippen molar-refractivity contribution < 1.29 is 19.2 Å². The van der Waals surface area contributed by atoms with Gasteiger partial charge in [0.25, 0.3) is 0 Å². The second-order valence-corrected chi connectivity index (χ2v) is 13.2. The maximum absolute atomic E-state index is 11.5. The first-order valence-corrected chi connectivity index (χ1v) is 13.5. The molecule has 0 aromatic heterocycles. The Balaban J connectivity index is 1.37. The van der Waals surface area contributed by atoms with Gasteiger partial charge in [0, 0.05) is 44.0 Å². The molecular weight excluding hydrogens is 453 g/mol. The van der Waals surface area contributed by atoms with Crippen LogP contribution >= 0.6 is 0 Å². The zero-order valence-corrected chi connectivity index (χ0v) is 23.6. The Bertz CT molecular complexity index is 919. The largest absolute Gasteiger partial charge is 0.494 e. The second kappa shape index (κ2) is 9.52. The van der Waals surface area contributed by atoms with E-state index in [1.165, 1.54) is 12.1 Å². The molecule has 0 radical (unpaired) electrons. The van der Waals surface area contributed by atoms with Crippen molar-refractivity contribution in [1.29, 1.82) is 0 Å². The number of carboxylic acid groups (broad SMARTS) is 1. The number of rotatable bonds is 5. The summed E-state index contributed by atoms with van der Waals surface area (Å²) in [7, 11) is 1.93. The minimum absolute atomic E-state index is 0.0108. The highest BCUT2D eigenvalue weighted by Gasteiger charge is 2.52. The van der Waals surface area contributed by atoms with E-state index in [1.807, 2.05) is 0 Å². The van der Waals surface area contributed by atoms with Crippen LogP contribution in [0, 0.1) is 11.3 Å². The van der Waals surface area contributed by atoms with Crippen molar-refractivity contribution >= 4 is 24.4 Å². The van der Waals surface area contributed by atoms with Gasteiger partial charge in [0.2, 0.25) is 0 Å². The molecule has 200 valence electrons. The second-order valence-electron chi connectivity index (χ2n) is 13.2. The van der Waals surface area contributed by atoms with Crippen molar-refractivity contribution in [2.24, 2.45) is 11.3 Å². The summed E-state index contributed by atoms with van der Waals surface area (Å²) in [6, 6.07) is 8.68. The molecule has 1 aromatic carbocycles. The van der Waals surface area contributed by atoms with Crippen molar-refractivity contribution in [2.45, 2.75) is 84.5 Å². The minimum atomic E-state index is -0.795. The summed E-state index contributed by atoms with van der Waals surface area (Å²) in [5.74, 6) is 0.592. The topological polar surface area (TPSA) is 65.5 Å². The summed E-state index contributed by atoms with van der Waals surface area (Å²) in [6.45, 7) is 19.6. The van der Waals surface area contributed by atoms with Crippen LogP contribution in [0.4, 0.5) is 10.5 Å². The summed E-state index contributed by atoms with van der Waals surface area (Å²) in [4.78, 5) is 18.1. The molecule has 3 heterocycles. The Morgan fingerprint density at radius 3 is 2.11 bits per heavy atom. The molecule has 3 aliphatic heterocycles. The van der Waals surface area contributed by atoms with E-state index in [0.29, 0.717) is 19.0 Å². The summed E-state index contributed by atoms with van der Waals surface area (Å²) >= 11 is 0. The van der Waals surface area contributed by atoms with E-state index in [-0.39, 0.29) is 29.3 Å². The quantitative estimate of drug-likeness (QED) is 0.610. The standard InChI is InChI=1S/C28H46BN3O4/c1-25(2,3)28(14-17-31(18-15-28)24(33)34)30(8)19-21-13-16-32(20-21)23-11-9-22(10-12-23)29-35-26(4,5)27(6,7)36-29/h9-12,21H,13-20H2,1-8H3,(H,33,34)/t21-/m1/s1. The summed E-state index contributed by atoms with van der Waals surface area (Å²) in [5.41, 5.74) is 1.73. The first-order chi connectivity index (χ1) is 16.7. The van der Waals surface area contributed by atoms with Crippen molar-refractivity contribution in [3.05, 3.63) is 24.3 Å². The van der Waals surface area contributed by atoms with Crippen molar-refractivity contribution in [3.63, 3.8) is 0 Å². The predicted octanol–water partition coefficient (Wildman–Crippen LogP) is 4.30. The molecule has 8 heteroatoms. The third-order valence-corrected chi connectivity index (χ3v) is 9.59. The molecule has 3 aliphatic rings. The van der Waals surface area contributed by atoms with Gasteiger partial charge in [0.1, 0.15) is 0 Å². The Labute approximate surface area is 218 Å². The van der Waals surface area contributed by atoms with E-state index >= 15 is 0 Å². The lowest BCUT2D eigenvalue weighted by Crippen LogP contribution is -2.62. The Morgan fingerprint density at radius 2 is 1.61 bits per heavy atom. The lowest BCUT2D eigenvalue weighted by Gasteiger charge is -2.55. The first-order valence-electron chi connectivity index (χ1n) is 13.5. The molecule has 4 rings (SSSR count). The third kappa shape index (κ3) is 5.01. The van der Waals surface area contributed by atoms with Crippen LogP contribution in [-0.2, 0) is 9.31 Å². The van der Waals surface area contributed by atoms with Gasteiger partial charge < -0.3 is 24.2 Å². The monoisotopic (exact) mass is 499 g/mol. The molecule has 3 saturated heterocycles. The number of carbonyl (C=O) groups is 1. The molecule has 0 aliphatic carbocycles. The van der Waals surface area contributed by atoms with Crippen LogP contribution in [0.1, 0.15) is 67.7 Å². The molecule has 1 atom stereocenters. The number of piperidine rings is 1. The molecule has 0 saturated carbocycles. The zero-order chi connectivity index (χ0) is 26.5. The molecule has 1 aromatic rings. The van der Waals surface area contributed by atoms with Crippen LogP contribution < -0.4 is 10.4 Å². The first kappa shape index (κ1) is 27.3. The maximum Gasteiger partial charge on any atom is 0.494 e. The molecule has 1 amide bonds. The van der Waals surface area contributed by atoms with E-state index < -0.39 is 6.09 Å². The van der Waals surface area contributed by atoms with Gasteiger partial charge >= 0.3 is 13.2 Å². The van der Waals surface area contributed by atoms with E-state index in [1.54, 1.807) is 4.90 Å². The lowest BCUT2D eigenvalue weighted by molar-refractivity contribution is -0.0424. The average Bonchev–Trinajstić information content (AvgIpc) is 3.34. The summed E-state index contributed by atoms with van der Waals surface area (Å²) in [5, 5.41) is 9.43. The van der Waals surface area contributed by atoms with Crippen LogP contribution in [-0.4, -0.2) is 84.6 Å². The van der Waals surface area contributed by atoms with Gasteiger partial charge in [-0.1, -0.05) is 32.9 Å². The average molecular weight is 500 g/mol. The number of hydrogen-bond donors (Lipinski definition) is 1. The molecule has 0 spiro atoms. The fraction of sp³-hybridized carbons (Fsp3) is 0.750. The lowest BCUT2D eigenvalue weighted by atomic mass is 9.66. The fourth-order valence-electron chi connectivity index (χ4n) is 6.37. The van der Waals surface area contributed by atoms with Gasteiger partial charge in [-0.05, 0) is 82.9 Å². The van der Waals surface area contributed by atoms with Gasteiger partial charge in [0.05, 0.1) is 11.2 Å². The van der Waals surface area contributed by atoms with E-state index in [9.17, 15) is 9.90 Å². The molecular formula is C28H46BN3O4. The zero-order valence-electron chi connectivity index (χ0n) is 23.6. The third-order valence-electron chi connectivity index (χ3n) is 9.59. The van der Waals surface area contributed by atoms with Gasteiger partial charge in [-0.25, -0.2) is 4.79 Å². The van der Waals surface area contributed by atoms with Crippen LogP contribution in [0.15, 0.2) is 24.3 Å². The highest BCUT2D eigenvalue weighted by Crippen LogP contribution is 2.44. The number of anilines is 1. The minimum Gasteiger partial charge on any atom is -0.465 e. The van der Waals surface area contributed by atoms with E-state index in [4.69, 9.17) is 9.31 Å². The maximum atomic E-state index is 11.5. The van der Waals surface area contributed by atoms with Crippen molar-refractivity contribution in [3.8, 4) is 0 Å². The fourth-order valence-corrected chi connectivity index (χ4v) is 6.37. The van der Waals surface area contributed by atoms with Gasteiger partial charge in [-0.15, -0.1) is 0 Å². The van der Waals surface area contributed by atoms with Crippen LogP contribution in [0.5, 0.6) is 0 Å². The highest BCUT2D eigenvalue weighted by atomic mass is 16.7. The highest BCUT2D eigenvalue weighted by molar-refractivity contribution is 6.62. The summed E-state index contributed by atoms with van der Waals surface area (Å²) in [6.07, 6.45) is 2.15. The molecule has 7 nitrogen and oxygen atoms in total. The Hall–Kier alpha value is -1.77. The predicted molar refractivity (Wildman–Crippen MR) is 146 cm³/mol. The van der Waals surface area contributed by atoms with Crippen molar-refractivity contribution in [1.82, 2.24) is 9.80 Å². The Kier molecular flexibility index (Phi) is 7.21. The van der Waals surface area contributed by atoms with Crippen molar-refractivity contribution in [2.75, 3.05) is 44.7 Å². The number of amides is 1.